The fourth-order valence-electron chi connectivity index (χ4n) is 4.76. The van der Waals surface area contributed by atoms with Gasteiger partial charge in [0, 0.05) is 35.9 Å². The van der Waals surface area contributed by atoms with Crippen molar-refractivity contribution < 1.29 is 9.53 Å². The highest BCUT2D eigenvalue weighted by atomic mass is 32.1. The van der Waals surface area contributed by atoms with Crippen LogP contribution in [-0.4, -0.2) is 34.4 Å². The number of nitriles is 1. The highest BCUT2D eigenvalue weighted by Crippen LogP contribution is 2.34. The lowest BCUT2D eigenvalue weighted by molar-refractivity contribution is 0.102. The first-order chi connectivity index (χ1) is 18.1. The Morgan fingerprint density at radius 3 is 2.92 bits per heavy atom. The normalized spacial score (nSPS) is 14.6. The van der Waals surface area contributed by atoms with E-state index in [0.717, 1.165) is 54.7 Å². The average molecular weight is 512 g/mol. The van der Waals surface area contributed by atoms with Crippen molar-refractivity contribution in [1.29, 1.82) is 5.26 Å². The monoisotopic (exact) mass is 511 g/mol. The van der Waals surface area contributed by atoms with Gasteiger partial charge in [-0.25, -0.2) is 4.98 Å². The van der Waals surface area contributed by atoms with Gasteiger partial charge in [0.25, 0.3) is 5.91 Å². The minimum absolute atomic E-state index is 0.150. The molecule has 0 saturated heterocycles. The van der Waals surface area contributed by atoms with Gasteiger partial charge in [0.05, 0.1) is 30.1 Å². The molecule has 0 bridgehead atoms. The van der Waals surface area contributed by atoms with E-state index in [-0.39, 0.29) is 5.91 Å². The Labute approximate surface area is 220 Å². The number of thiazole rings is 1. The van der Waals surface area contributed by atoms with Crippen molar-refractivity contribution in [2.24, 2.45) is 5.92 Å². The number of carbonyl (C=O) groups is 1. The van der Waals surface area contributed by atoms with Crippen LogP contribution in [0.1, 0.15) is 51.3 Å². The molecule has 2 aromatic carbocycles. The van der Waals surface area contributed by atoms with Gasteiger partial charge in [0.2, 0.25) is 0 Å². The number of benzene rings is 2. The summed E-state index contributed by atoms with van der Waals surface area (Å²) in [5.41, 5.74) is 5.33. The molecule has 0 aliphatic heterocycles. The molecule has 5 rings (SSSR count). The Morgan fingerprint density at radius 1 is 1.24 bits per heavy atom. The molecule has 4 aromatic rings. The summed E-state index contributed by atoms with van der Waals surface area (Å²) in [4.78, 5) is 19.0. The molecule has 1 aliphatic carbocycles. The predicted octanol–water partition coefficient (Wildman–Crippen LogP) is 5.71. The lowest BCUT2D eigenvalue weighted by Gasteiger charge is -2.20. The molecule has 0 saturated carbocycles. The lowest BCUT2D eigenvalue weighted by atomic mass is 9.88. The zero-order valence-corrected chi connectivity index (χ0v) is 21.6. The van der Waals surface area contributed by atoms with Gasteiger partial charge in [0.15, 0.2) is 5.13 Å². The highest BCUT2D eigenvalue weighted by Gasteiger charge is 2.23. The van der Waals surface area contributed by atoms with E-state index >= 15 is 0 Å². The fourth-order valence-corrected chi connectivity index (χ4v) is 5.88. The molecule has 188 valence electrons. The third kappa shape index (κ3) is 6.13. The van der Waals surface area contributed by atoms with Gasteiger partial charge in [-0.2, -0.15) is 10.4 Å². The second-order valence-electron chi connectivity index (χ2n) is 9.40. The van der Waals surface area contributed by atoms with E-state index in [1.165, 1.54) is 11.3 Å². The molecule has 0 spiro atoms. The van der Waals surface area contributed by atoms with Crippen molar-refractivity contribution in [1.82, 2.24) is 14.8 Å². The maximum absolute atomic E-state index is 13.0. The summed E-state index contributed by atoms with van der Waals surface area (Å²) in [6.07, 6.45) is 9.20. The third-order valence-corrected chi connectivity index (χ3v) is 7.77. The van der Waals surface area contributed by atoms with Gasteiger partial charge in [-0.1, -0.05) is 24.3 Å². The van der Waals surface area contributed by atoms with Crippen molar-refractivity contribution >= 4 is 22.4 Å². The number of anilines is 1. The van der Waals surface area contributed by atoms with Gasteiger partial charge in [0.1, 0.15) is 0 Å². The fraction of sp³-hybridized carbons (Fsp3) is 0.310. The van der Waals surface area contributed by atoms with E-state index in [1.54, 1.807) is 30.6 Å². The summed E-state index contributed by atoms with van der Waals surface area (Å²) >= 11 is 1.60. The quantitative estimate of drug-likeness (QED) is 0.291. The van der Waals surface area contributed by atoms with Crippen LogP contribution in [0.5, 0.6) is 0 Å². The first kappa shape index (κ1) is 24.9. The second-order valence-corrected chi connectivity index (χ2v) is 10.5. The molecule has 7 nitrogen and oxygen atoms in total. The number of methoxy groups -OCH3 is 1. The summed E-state index contributed by atoms with van der Waals surface area (Å²) in [5, 5.41) is 17.2. The maximum Gasteiger partial charge on any atom is 0.257 e. The largest absolute Gasteiger partial charge is 0.385 e. The Balaban J connectivity index is 1.21. The van der Waals surface area contributed by atoms with Crippen LogP contribution in [0.25, 0.3) is 11.1 Å². The molecule has 1 N–H and O–H groups in total. The van der Waals surface area contributed by atoms with Crippen molar-refractivity contribution in [3.8, 4) is 17.2 Å². The SMILES string of the molecule is COCCC[C@@H]1CCc2nc(NC(=O)c3cccc(Cn4cc(-c5ccc(C#N)cc5)cn4)c3)sc2C1. The van der Waals surface area contributed by atoms with Gasteiger partial charge in [-0.3, -0.25) is 14.8 Å². The van der Waals surface area contributed by atoms with Gasteiger partial charge < -0.3 is 4.74 Å². The number of hydrogen-bond acceptors (Lipinski definition) is 6. The summed E-state index contributed by atoms with van der Waals surface area (Å²) in [6, 6.07) is 17.2. The number of rotatable bonds is 9. The van der Waals surface area contributed by atoms with Crippen molar-refractivity contribution in [3.63, 3.8) is 0 Å². The smallest absolute Gasteiger partial charge is 0.257 e. The van der Waals surface area contributed by atoms with Crippen LogP contribution in [-0.2, 0) is 24.1 Å². The van der Waals surface area contributed by atoms with E-state index < -0.39 is 0 Å². The lowest BCUT2D eigenvalue weighted by Crippen LogP contribution is -2.14. The van der Waals surface area contributed by atoms with E-state index in [9.17, 15) is 4.79 Å². The van der Waals surface area contributed by atoms with Crippen LogP contribution < -0.4 is 5.32 Å². The molecule has 37 heavy (non-hydrogen) atoms. The number of aryl methyl sites for hydroxylation is 1. The molecular weight excluding hydrogens is 482 g/mol. The summed E-state index contributed by atoms with van der Waals surface area (Å²) < 4.78 is 7.04. The predicted molar refractivity (Wildman–Crippen MR) is 145 cm³/mol. The molecule has 0 unspecified atom stereocenters. The molecule has 1 atom stereocenters. The van der Waals surface area contributed by atoms with Crippen molar-refractivity contribution in [2.75, 3.05) is 19.0 Å². The van der Waals surface area contributed by atoms with Crippen molar-refractivity contribution in [2.45, 2.75) is 38.6 Å². The number of aromatic nitrogens is 3. The zero-order chi connectivity index (χ0) is 25.6. The molecule has 1 amide bonds. The van der Waals surface area contributed by atoms with E-state index in [4.69, 9.17) is 15.0 Å². The Bertz CT molecular complexity index is 1420. The first-order valence-corrected chi connectivity index (χ1v) is 13.3. The highest BCUT2D eigenvalue weighted by molar-refractivity contribution is 7.15. The Morgan fingerprint density at radius 2 is 2.11 bits per heavy atom. The van der Waals surface area contributed by atoms with Gasteiger partial charge in [-0.05, 0) is 73.4 Å². The molecule has 2 aromatic heterocycles. The van der Waals surface area contributed by atoms with E-state index in [0.29, 0.717) is 28.7 Å². The number of nitrogens with zero attached hydrogens (tertiary/aromatic N) is 4. The number of amides is 1. The Hall–Kier alpha value is -3.80. The maximum atomic E-state index is 13.0. The average Bonchev–Trinajstić information content (AvgIpc) is 3.55. The first-order valence-electron chi connectivity index (χ1n) is 12.5. The molecule has 0 fully saturated rings. The van der Waals surface area contributed by atoms with Crippen LogP contribution in [0.3, 0.4) is 0 Å². The molecular formula is C29H29N5O2S. The van der Waals surface area contributed by atoms with Crippen LogP contribution in [0.4, 0.5) is 5.13 Å². The molecule has 2 heterocycles. The van der Waals surface area contributed by atoms with Crippen LogP contribution in [0, 0.1) is 17.2 Å². The number of ether oxygens (including phenoxy) is 1. The topological polar surface area (TPSA) is 92.8 Å². The molecule has 1 aliphatic rings. The Kier molecular flexibility index (Phi) is 7.73. The summed E-state index contributed by atoms with van der Waals surface area (Å²) in [7, 11) is 1.75. The number of fused-ring (bicyclic) bond motifs is 1. The third-order valence-electron chi connectivity index (χ3n) is 6.74. The number of nitrogens with one attached hydrogen (secondary N) is 1. The van der Waals surface area contributed by atoms with Crippen LogP contribution in [0.2, 0.25) is 0 Å². The zero-order valence-electron chi connectivity index (χ0n) is 20.8. The minimum Gasteiger partial charge on any atom is -0.385 e. The summed E-state index contributed by atoms with van der Waals surface area (Å²) in [5.74, 6) is 0.520. The number of carbonyl (C=O) groups excluding carboxylic acids is 1. The van der Waals surface area contributed by atoms with Gasteiger partial charge in [-0.15, -0.1) is 11.3 Å². The second kappa shape index (κ2) is 11.5. The van der Waals surface area contributed by atoms with E-state index in [1.807, 2.05) is 53.5 Å². The van der Waals surface area contributed by atoms with Crippen LogP contribution in [0.15, 0.2) is 60.9 Å². The standard InChI is InChI=1S/C29H29N5O2S/c1-36-13-3-5-20-9-12-26-27(15-20)37-29(32-26)33-28(35)24-6-2-4-22(14-24)18-34-19-25(17-31-34)23-10-7-21(16-30)8-11-23/h2,4,6-8,10-11,14,17,19-20H,3,5,9,12-13,15,18H2,1H3,(H,32,33,35)/t20-/m1/s1. The minimum atomic E-state index is -0.150. The summed E-state index contributed by atoms with van der Waals surface area (Å²) in [6.45, 7) is 1.36. The molecule has 0 radical (unpaired) electrons. The van der Waals surface area contributed by atoms with Gasteiger partial charge >= 0.3 is 0 Å². The number of hydrogen-bond donors (Lipinski definition) is 1. The van der Waals surface area contributed by atoms with Crippen LogP contribution >= 0.6 is 11.3 Å². The molecule has 8 heteroatoms. The van der Waals surface area contributed by atoms with Crippen molar-refractivity contribution in [3.05, 3.63) is 88.2 Å². The van der Waals surface area contributed by atoms with E-state index in [2.05, 4.69) is 16.5 Å².